The zero-order valence-electron chi connectivity index (χ0n) is 12.5. The number of nitrogens with one attached hydrogen (secondary N) is 1. The van der Waals surface area contributed by atoms with Gasteiger partial charge in [-0.3, -0.25) is 4.57 Å². The maximum absolute atomic E-state index is 10.7. The van der Waals surface area contributed by atoms with Crippen LogP contribution in [0.4, 0.5) is 0 Å². The predicted molar refractivity (Wildman–Crippen MR) is 80.2 cm³/mol. The third-order valence-corrected chi connectivity index (χ3v) is 5.62. The van der Waals surface area contributed by atoms with Crippen LogP contribution in [0.15, 0.2) is 0 Å². The largest absolute Gasteiger partial charge is 0.443 e. The van der Waals surface area contributed by atoms with Crippen LogP contribution in [0.2, 0.25) is 6.04 Å². The highest BCUT2D eigenvalue weighted by Gasteiger charge is 2.27. The summed E-state index contributed by atoms with van der Waals surface area (Å²) in [5, 5.41) is 10.9. The molecule has 0 aromatic heterocycles. The number of rotatable bonds is 12. The minimum atomic E-state index is -3.95. The second kappa shape index (κ2) is 10.9. The van der Waals surface area contributed by atoms with Crippen molar-refractivity contribution in [2.45, 2.75) is 32.9 Å². The normalized spacial score (nSPS) is 15.6. The van der Waals surface area contributed by atoms with Crippen molar-refractivity contribution in [1.82, 2.24) is 5.32 Å². The van der Waals surface area contributed by atoms with Gasteiger partial charge < -0.3 is 29.1 Å². The third-order valence-electron chi connectivity index (χ3n) is 2.73. The molecular weight excluding hydrogens is 301 g/mol. The van der Waals surface area contributed by atoms with E-state index in [9.17, 15) is 4.57 Å². The van der Waals surface area contributed by atoms with E-state index < -0.39 is 16.9 Å². The summed E-state index contributed by atoms with van der Waals surface area (Å²) in [7, 11) is -5.32. The number of hydrogen-bond acceptors (Lipinski definition) is 4. The minimum absolute atomic E-state index is 0.0544. The molecule has 0 fully saturated rings. The molecule has 0 rings (SSSR count). The molecule has 2 atom stereocenters. The highest BCUT2D eigenvalue weighted by Crippen LogP contribution is 2.32. The standard InChI is InChI=1S/C11H27NO6PSi/c1-4-17-20(18-5-2)9-11(10(3)13)8-12-6-7-19(14,15)16/h10-13H,4-9H2,1-3H3,(H2,14,15,16)/p+1. The fourth-order valence-electron chi connectivity index (χ4n) is 1.63. The van der Waals surface area contributed by atoms with E-state index in [0.29, 0.717) is 25.8 Å². The van der Waals surface area contributed by atoms with Crippen LogP contribution >= 0.6 is 7.60 Å². The molecule has 0 aliphatic heterocycles. The van der Waals surface area contributed by atoms with E-state index in [0.717, 1.165) is 0 Å². The minimum Gasteiger partial charge on any atom is -0.443 e. The summed E-state index contributed by atoms with van der Waals surface area (Å²) in [6.45, 7) is 7.63. The van der Waals surface area contributed by atoms with E-state index in [1.54, 1.807) is 0 Å². The van der Waals surface area contributed by atoms with Crippen molar-refractivity contribution in [1.29, 1.82) is 0 Å². The fourth-order valence-corrected chi connectivity index (χ4v) is 3.97. The van der Waals surface area contributed by atoms with Gasteiger partial charge in [-0.15, -0.1) is 0 Å². The highest BCUT2D eigenvalue weighted by atomic mass is 31.2. The van der Waals surface area contributed by atoms with Crippen LogP contribution in [0.5, 0.6) is 0 Å². The lowest BCUT2D eigenvalue weighted by Gasteiger charge is -2.21. The van der Waals surface area contributed by atoms with Crippen LogP contribution in [0, 0.1) is 5.92 Å². The van der Waals surface area contributed by atoms with Gasteiger partial charge in [-0.1, -0.05) is 0 Å². The van der Waals surface area contributed by atoms with Crippen molar-refractivity contribution >= 4 is 16.9 Å². The second-order valence-electron chi connectivity index (χ2n) is 4.58. The third kappa shape index (κ3) is 10.9. The zero-order valence-corrected chi connectivity index (χ0v) is 14.4. The van der Waals surface area contributed by atoms with Crippen molar-refractivity contribution in [2.24, 2.45) is 5.92 Å². The summed E-state index contributed by atoms with van der Waals surface area (Å²) in [5.41, 5.74) is 0. The zero-order chi connectivity index (χ0) is 15.6. The average molecular weight is 329 g/mol. The van der Waals surface area contributed by atoms with Crippen molar-refractivity contribution in [2.75, 3.05) is 32.5 Å². The van der Waals surface area contributed by atoms with E-state index in [1.165, 1.54) is 0 Å². The summed E-state index contributed by atoms with van der Waals surface area (Å²) < 4.78 is 21.9. The fraction of sp³-hybridized carbons (Fsp3) is 1.00. The summed E-state index contributed by atoms with van der Waals surface area (Å²) in [4.78, 5) is 17.6. The Hall–Kier alpha value is 0.207. The molecule has 2 unspecified atom stereocenters. The molecule has 0 saturated carbocycles. The summed E-state index contributed by atoms with van der Waals surface area (Å²) in [5.74, 6) is 0.0544. The molecule has 0 amide bonds. The Kier molecular flexibility index (Phi) is 11.0. The van der Waals surface area contributed by atoms with E-state index in [1.807, 2.05) is 20.8 Å². The first-order valence-electron chi connectivity index (χ1n) is 6.88. The summed E-state index contributed by atoms with van der Waals surface area (Å²) in [6, 6.07) is 0.694. The van der Waals surface area contributed by atoms with E-state index >= 15 is 0 Å². The lowest BCUT2D eigenvalue weighted by Crippen LogP contribution is -2.36. The highest BCUT2D eigenvalue weighted by molar-refractivity contribution is 7.51. The van der Waals surface area contributed by atoms with Crippen LogP contribution in [-0.2, 0) is 13.4 Å². The van der Waals surface area contributed by atoms with Crippen molar-refractivity contribution in [3.8, 4) is 0 Å². The van der Waals surface area contributed by atoms with Gasteiger partial charge in [0.15, 0.2) is 6.10 Å². The van der Waals surface area contributed by atoms with Gasteiger partial charge in [0.1, 0.15) is 0 Å². The van der Waals surface area contributed by atoms with E-state index in [2.05, 4.69) is 5.32 Å². The van der Waals surface area contributed by atoms with Gasteiger partial charge >= 0.3 is 16.9 Å². The Balaban J connectivity index is 4.17. The smallest absolute Gasteiger partial charge is 0.385 e. The van der Waals surface area contributed by atoms with Crippen LogP contribution in [0.25, 0.3) is 0 Å². The lowest BCUT2D eigenvalue weighted by molar-refractivity contribution is 0.123. The van der Waals surface area contributed by atoms with Gasteiger partial charge in [-0.2, -0.15) is 0 Å². The van der Waals surface area contributed by atoms with Gasteiger partial charge in [0, 0.05) is 45.2 Å². The molecule has 0 heterocycles. The monoisotopic (exact) mass is 329 g/mol. The van der Waals surface area contributed by atoms with Gasteiger partial charge in [-0.05, 0) is 13.8 Å². The Morgan fingerprint density at radius 2 is 1.85 bits per heavy atom. The van der Waals surface area contributed by atoms with Crippen LogP contribution in [0.1, 0.15) is 20.8 Å². The van der Waals surface area contributed by atoms with Crippen molar-refractivity contribution in [3.05, 3.63) is 0 Å². The lowest BCUT2D eigenvalue weighted by atomic mass is 10.1. The predicted octanol–water partition coefficient (Wildman–Crippen LogP) is 0.0442. The molecule has 1 radical (unpaired) electrons. The molecule has 121 valence electrons. The van der Waals surface area contributed by atoms with E-state index in [4.69, 9.17) is 23.7 Å². The second-order valence-corrected chi connectivity index (χ2v) is 8.09. The Morgan fingerprint density at radius 1 is 1.30 bits per heavy atom. The topological polar surface area (TPSA) is 111 Å². The van der Waals surface area contributed by atoms with Gasteiger partial charge in [0.25, 0.3) is 0 Å². The molecule has 0 bridgehead atoms. The SMILES string of the molecule is CCO[Si](CC(CNCCP(=O)(O)O)C(C)[OH2+])OCC. The molecule has 7 nitrogen and oxygen atoms in total. The maximum atomic E-state index is 10.7. The van der Waals surface area contributed by atoms with Gasteiger partial charge in [0.2, 0.25) is 0 Å². The van der Waals surface area contributed by atoms with Crippen LogP contribution in [0.3, 0.4) is 0 Å². The quantitative estimate of drug-likeness (QED) is 0.202. The maximum Gasteiger partial charge on any atom is 0.385 e. The molecule has 0 aromatic carbocycles. The van der Waals surface area contributed by atoms with Gasteiger partial charge in [-0.25, -0.2) is 0 Å². The Bertz CT molecular complexity index is 282. The summed E-state index contributed by atoms with van der Waals surface area (Å²) in [6.07, 6.45) is -0.459. The summed E-state index contributed by atoms with van der Waals surface area (Å²) >= 11 is 0. The molecule has 5 N–H and O–H groups in total. The van der Waals surface area contributed by atoms with Crippen molar-refractivity contribution < 1.29 is 28.3 Å². The first-order valence-corrected chi connectivity index (χ1v) is 10.2. The van der Waals surface area contributed by atoms with E-state index in [-0.39, 0.29) is 24.7 Å². The van der Waals surface area contributed by atoms with Crippen LogP contribution < -0.4 is 5.32 Å². The van der Waals surface area contributed by atoms with Crippen molar-refractivity contribution in [3.63, 3.8) is 0 Å². The molecule has 0 aromatic rings. The molecule has 0 aliphatic rings. The Morgan fingerprint density at radius 3 is 2.25 bits per heavy atom. The Labute approximate surface area is 122 Å². The van der Waals surface area contributed by atoms with Crippen LogP contribution in [-0.4, -0.2) is 62.7 Å². The average Bonchev–Trinajstić information content (AvgIpc) is 2.32. The molecular formula is C11H28NO6PSi+. The molecule has 0 spiro atoms. The molecule has 0 aliphatic carbocycles. The first-order chi connectivity index (χ1) is 9.30. The molecule has 0 saturated heterocycles. The molecule has 20 heavy (non-hydrogen) atoms. The number of hydrogen-bond donors (Lipinski definition) is 3. The van der Waals surface area contributed by atoms with Gasteiger partial charge in [0.05, 0.1) is 6.16 Å². The first kappa shape index (κ1) is 20.2. The molecule has 9 heteroatoms.